The van der Waals surface area contributed by atoms with Crippen LogP contribution >= 0.6 is 0 Å². The Labute approximate surface area is 138 Å². The Kier molecular flexibility index (Phi) is 4.13. The van der Waals surface area contributed by atoms with E-state index < -0.39 is 41.8 Å². The lowest BCUT2D eigenvalue weighted by molar-refractivity contribution is -0.142. The number of aliphatic carboxylic acids is 1. The lowest BCUT2D eigenvalue weighted by Gasteiger charge is -2.19. The molecule has 0 bridgehead atoms. The van der Waals surface area contributed by atoms with E-state index in [1.807, 2.05) is 0 Å². The average Bonchev–Trinajstić information content (AvgIpc) is 2.84. The second-order valence-electron chi connectivity index (χ2n) is 5.75. The smallest absolute Gasteiger partial charge is 0.419 e. The Morgan fingerprint density at radius 3 is 2.72 bits per heavy atom. The van der Waals surface area contributed by atoms with Crippen LogP contribution in [0.2, 0.25) is 0 Å². The van der Waals surface area contributed by atoms with Crippen molar-refractivity contribution in [1.29, 1.82) is 0 Å². The van der Waals surface area contributed by atoms with Gasteiger partial charge in [-0.2, -0.15) is 18.3 Å². The Balaban J connectivity index is 2.01. The topological polar surface area (TPSA) is 77.1 Å². The zero-order valence-electron chi connectivity index (χ0n) is 12.8. The largest absolute Gasteiger partial charge is 0.480 e. The predicted octanol–water partition coefficient (Wildman–Crippen LogP) is 2.21. The third-order valence-electron chi connectivity index (χ3n) is 4.12. The normalized spacial score (nSPS) is 17.4. The molecular weight excluding hydrogens is 346 g/mol. The van der Waals surface area contributed by atoms with E-state index in [9.17, 15) is 32.3 Å². The summed E-state index contributed by atoms with van der Waals surface area (Å²) in [7, 11) is 0. The van der Waals surface area contributed by atoms with Crippen molar-refractivity contribution in [1.82, 2.24) is 14.3 Å². The number of alkyl halides is 3. The molecule has 2 heterocycles. The van der Waals surface area contributed by atoms with E-state index in [-0.39, 0.29) is 17.8 Å². The molecule has 0 saturated heterocycles. The van der Waals surface area contributed by atoms with Crippen molar-refractivity contribution in [3.63, 3.8) is 0 Å². The molecule has 10 heteroatoms. The van der Waals surface area contributed by atoms with Gasteiger partial charge in [-0.25, -0.2) is 18.7 Å². The number of aryl methyl sites for hydroxylation is 1. The van der Waals surface area contributed by atoms with Gasteiger partial charge in [0.25, 0.3) is 0 Å². The zero-order valence-corrected chi connectivity index (χ0v) is 12.8. The molecule has 25 heavy (non-hydrogen) atoms. The molecule has 1 atom stereocenters. The van der Waals surface area contributed by atoms with Gasteiger partial charge >= 0.3 is 17.8 Å². The van der Waals surface area contributed by atoms with Crippen LogP contribution in [0.25, 0.3) is 0 Å². The molecule has 0 aliphatic carbocycles. The molecule has 134 valence electrons. The van der Waals surface area contributed by atoms with E-state index in [4.69, 9.17) is 0 Å². The fourth-order valence-corrected chi connectivity index (χ4v) is 2.95. The minimum atomic E-state index is -4.85. The Morgan fingerprint density at radius 2 is 2.08 bits per heavy atom. The maximum atomic E-state index is 14.1. The minimum Gasteiger partial charge on any atom is -0.480 e. The van der Waals surface area contributed by atoms with Crippen LogP contribution < -0.4 is 5.69 Å². The lowest BCUT2D eigenvalue weighted by atomic mass is 10.1. The van der Waals surface area contributed by atoms with Gasteiger partial charge in [-0.05, 0) is 18.9 Å². The average molecular weight is 359 g/mol. The Morgan fingerprint density at radius 1 is 1.36 bits per heavy atom. The molecule has 1 unspecified atom stereocenters. The highest BCUT2D eigenvalue weighted by Crippen LogP contribution is 2.32. The van der Waals surface area contributed by atoms with Crippen LogP contribution in [-0.2, 0) is 23.9 Å². The number of hydrogen-bond acceptors (Lipinski definition) is 3. The molecule has 0 saturated carbocycles. The van der Waals surface area contributed by atoms with Gasteiger partial charge in [0.15, 0.2) is 0 Å². The van der Waals surface area contributed by atoms with Gasteiger partial charge in [-0.15, -0.1) is 0 Å². The van der Waals surface area contributed by atoms with E-state index in [2.05, 4.69) is 5.10 Å². The highest BCUT2D eigenvalue weighted by molar-refractivity contribution is 5.72. The maximum absolute atomic E-state index is 14.1. The van der Waals surface area contributed by atoms with Crippen LogP contribution in [0.5, 0.6) is 0 Å². The van der Waals surface area contributed by atoms with Gasteiger partial charge in [0.05, 0.1) is 12.1 Å². The van der Waals surface area contributed by atoms with E-state index >= 15 is 0 Å². The summed E-state index contributed by atoms with van der Waals surface area (Å²) in [4.78, 5) is 23.6. The van der Waals surface area contributed by atoms with Crippen molar-refractivity contribution < 1.29 is 27.5 Å². The second-order valence-corrected chi connectivity index (χ2v) is 5.75. The third-order valence-corrected chi connectivity index (χ3v) is 4.12. The van der Waals surface area contributed by atoms with E-state index in [1.165, 1.54) is 0 Å². The van der Waals surface area contributed by atoms with Crippen LogP contribution in [0.1, 0.15) is 35.8 Å². The highest BCUT2D eigenvalue weighted by Gasteiger charge is 2.35. The number of carbonyl (C=O) groups is 1. The molecule has 0 radical (unpaired) electrons. The van der Waals surface area contributed by atoms with Crippen LogP contribution in [0, 0.1) is 5.82 Å². The van der Waals surface area contributed by atoms with Crippen molar-refractivity contribution in [2.24, 2.45) is 0 Å². The number of aromatic nitrogens is 3. The third kappa shape index (κ3) is 3.03. The standard InChI is InChI=1S/C15H13F4N3O3/c16-12-8(3-1-4-9(12)15(17,18)19)7-21-14(25)22-10(13(23)24)5-2-6-11(22)20-21/h1,3-4,10H,2,5-7H2,(H,23,24). The molecule has 0 amide bonds. The molecule has 1 aliphatic rings. The number of carboxylic acid groups (broad SMARTS) is 1. The summed E-state index contributed by atoms with van der Waals surface area (Å²) < 4.78 is 54.3. The van der Waals surface area contributed by atoms with Gasteiger partial charge < -0.3 is 5.11 Å². The fourth-order valence-electron chi connectivity index (χ4n) is 2.95. The molecule has 0 spiro atoms. The number of rotatable bonds is 3. The first-order valence-electron chi connectivity index (χ1n) is 7.45. The Bertz CT molecular complexity index is 885. The van der Waals surface area contributed by atoms with Crippen LogP contribution in [0.15, 0.2) is 23.0 Å². The maximum Gasteiger partial charge on any atom is 0.419 e. The Hall–Kier alpha value is -2.65. The van der Waals surface area contributed by atoms with Crippen molar-refractivity contribution in [2.45, 2.75) is 38.0 Å². The van der Waals surface area contributed by atoms with Crippen molar-refractivity contribution in [3.05, 3.63) is 51.5 Å². The SMILES string of the molecule is O=C(O)C1CCCc2nn(Cc3cccc(C(F)(F)F)c3F)c(=O)n21. The lowest BCUT2D eigenvalue weighted by Crippen LogP contribution is -2.34. The predicted molar refractivity (Wildman–Crippen MR) is 76.6 cm³/mol. The van der Waals surface area contributed by atoms with Crippen molar-refractivity contribution >= 4 is 5.97 Å². The van der Waals surface area contributed by atoms with Gasteiger partial charge in [0, 0.05) is 12.0 Å². The van der Waals surface area contributed by atoms with Crippen molar-refractivity contribution in [3.8, 4) is 0 Å². The van der Waals surface area contributed by atoms with Crippen LogP contribution in [-0.4, -0.2) is 25.4 Å². The first-order valence-corrected chi connectivity index (χ1v) is 7.45. The molecular formula is C15H13F4N3O3. The molecule has 1 N–H and O–H groups in total. The van der Waals surface area contributed by atoms with E-state index in [0.29, 0.717) is 18.9 Å². The zero-order chi connectivity index (χ0) is 18.4. The summed E-state index contributed by atoms with van der Waals surface area (Å²) in [6.07, 6.45) is -3.71. The van der Waals surface area contributed by atoms with Gasteiger partial charge in [-0.1, -0.05) is 12.1 Å². The first-order chi connectivity index (χ1) is 11.7. The van der Waals surface area contributed by atoms with E-state index in [1.54, 1.807) is 0 Å². The van der Waals surface area contributed by atoms with Crippen molar-refractivity contribution in [2.75, 3.05) is 0 Å². The molecule has 1 aromatic carbocycles. The van der Waals surface area contributed by atoms with Crippen LogP contribution in [0.4, 0.5) is 17.6 Å². The molecule has 1 aliphatic heterocycles. The number of halogens is 4. The quantitative estimate of drug-likeness (QED) is 0.853. The van der Waals surface area contributed by atoms with Gasteiger partial charge in [-0.3, -0.25) is 4.57 Å². The summed E-state index contributed by atoms with van der Waals surface area (Å²) in [5.74, 6) is -2.42. The summed E-state index contributed by atoms with van der Waals surface area (Å²) in [5, 5.41) is 13.2. The molecule has 6 nitrogen and oxygen atoms in total. The number of nitrogens with zero attached hydrogens (tertiary/aromatic N) is 3. The second kappa shape index (κ2) is 6.01. The highest BCUT2D eigenvalue weighted by atomic mass is 19.4. The first kappa shape index (κ1) is 17.2. The number of hydrogen-bond donors (Lipinski definition) is 1. The number of fused-ring (bicyclic) bond motifs is 1. The van der Waals surface area contributed by atoms with Gasteiger partial charge in [0.2, 0.25) is 0 Å². The summed E-state index contributed by atoms with van der Waals surface area (Å²) in [6.45, 7) is -0.513. The summed E-state index contributed by atoms with van der Waals surface area (Å²) in [6, 6.07) is 1.71. The molecule has 0 fully saturated rings. The molecule has 1 aromatic heterocycles. The fraction of sp³-hybridized carbons (Fsp3) is 0.400. The monoisotopic (exact) mass is 359 g/mol. The molecule has 2 aromatic rings. The number of benzene rings is 1. The molecule has 3 rings (SSSR count). The summed E-state index contributed by atoms with van der Waals surface area (Å²) >= 11 is 0. The van der Waals surface area contributed by atoms with Gasteiger partial charge in [0.1, 0.15) is 17.7 Å². The minimum absolute atomic E-state index is 0.232. The number of carboxylic acids is 1. The summed E-state index contributed by atoms with van der Waals surface area (Å²) in [5.41, 5.74) is -2.55. The van der Waals surface area contributed by atoms with E-state index in [0.717, 1.165) is 21.4 Å². The van der Waals surface area contributed by atoms with Crippen LogP contribution in [0.3, 0.4) is 0 Å².